The highest BCUT2D eigenvalue weighted by Crippen LogP contribution is 2.33. The van der Waals surface area contributed by atoms with Gasteiger partial charge in [0.1, 0.15) is 0 Å². The van der Waals surface area contributed by atoms with Gasteiger partial charge in [-0.2, -0.15) is 0 Å². The molecule has 1 fully saturated rings. The van der Waals surface area contributed by atoms with Crippen LogP contribution in [0.25, 0.3) is 0 Å². The molecule has 1 atom stereocenters. The Balaban J connectivity index is 1.69. The van der Waals surface area contributed by atoms with Crippen LogP contribution in [0.4, 0.5) is 0 Å². The first-order valence-electron chi connectivity index (χ1n) is 7.32. The molecule has 0 spiro atoms. The Labute approximate surface area is 110 Å². The molecule has 2 aliphatic rings. The molecular formula is C16H24N2. The Morgan fingerprint density at radius 3 is 2.72 bits per heavy atom. The molecule has 0 aromatic heterocycles. The van der Waals surface area contributed by atoms with Crippen molar-refractivity contribution in [2.75, 3.05) is 20.1 Å². The van der Waals surface area contributed by atoms with Gasteiger partial charge in [-0.25, -0.2) is 0 Å². The summed E-state index contributed by atoms with van der Waals surface area (Å²) >= 11 is 0. The molecule has 2 nitrogen and oxygen atoms in total. The molecule has 18 heavy (non-hydrogen) atoms. The molecule has 0 radical (unpaired) electrons. The average Bonchev–Trinajstić information content (AvgIpc) is 3.20. The summed E-state index contributed by atoms with van der Waals surface area (Å²) in [5, 5.41) is 3.36. The van der Waals surface area contributed by atoms with E-state index in [1.54, 1.807) is 11.1 Å². The minimum Gasteiger partial charge on any atom is -0.318 e. The fraction of sp³-hybridized carbons (Fsp3) is 0.625. The van der Waals surface area contributed by atoms with Crippen LogP contribution in [0.2, 0.25) is 0 Å². The highest BCUT2D eigenvalue weighted by atomic mass is 15.2. The van der Waals surface area contributed by atoms with E-state index in [1.807, 2.05) is 0 Å². The van der Waals surface area contributed by atoms with Gasteiger partial charge in [0.25, 0.3) is 0 Å². The standard InChI is InChI=1S/C16H24N2/c1-17-11-16-10-14-4-2-3-5-15(14)12-18(16)9-8-13-6-7-13/h2-5,13,16-17H,6-12H2,1H3. The van der Waals surface area contributed by atoms with E-state index in [-0.39, 0.29) is 0 Å². The largest absolute Gasteiger partial charge is 0.318 e. The zero-order valence-electron chi connectivity index (χ0n) is 11.4. The number of benzene rings is 1. The topological polar surface area (TPSA) is 15.3 Å². The molecule has 1 aromatic rings. The highest BCUT2D eigenvalue weighted by molar-refractivity contribution is 5.30. The SMILES string of the molecule is CNCC1Cc2ccccc2CN1CCC1CC1. The van der Waals surface area contributed by atoms with E-state index < -0.39 is 0 Å². The van der Waals surface area contributed by atoms with Crippen molar-refractivity contribution < 1.29 is 0 Å². The van der Waals surface area contributed by atoms with Gasteiger partial charge in [0.15, 0.2) is 0 Å². The maximum atomic E-state index is 3.36. The smallest absolute Gasteiger partial charge is 0.0264 e. The average molecular weight is 244 g/mol. The summed E-state index contributed by atoms with van der Waals surface area (Å²) in [6, 6.07) is 9.64. The van der Waals surface area contributed by atoms with E-state index in [1.165, 1.54) is 32.2 Å². The van der Waals surface area contributed by atoms with Gasteiger partial charge in [-0.1, -0.05) is 37.1 Å². The summed E-state index contributed by atoms with van der Waals surface area (Å²) in [7, 11) is 2.07. The van der Waals surface area contributed by atoms with Crippen LogP contribution in [-0.2, 0) is 13.0 Å². The minimum absolute atomic E-state index is 0.684. The monoisotopic (exact) mass is 244 g/mol. The first kappa shape index (κ1) is 12.2. The number of likely N-dealkylation sites (N-methyl/N-ethyl adjacent to an activating group) is 1. The van der Waals surface area contributed by atoms with E-state index in [0.717, 1.165) is 19.0 Å². The molecule has 1 aromatic carbocycles. The quantitative estimate of drug-likeness (QED) is 0.856. The zero-order chi connectivity index (χ0) is 12.4. The predicted octanol–water partition coefficient (Wildman–Crippen LogP) is 2.43. The summed E-state index contributed by atoms with van der Waals surface area (Å²) in [6.07, 6.45) is 5.56. The fourth-order valence-corrected chi connectivity index (χ4v) is 3.10. The summed E-state index contributed by atoms with van der Waals surface area (Å²) in [5.74, 6) is 1.04. The molecule has 0 amide bonds. The lowest BCUT2D eigenvalue weighted by Gasteiger charge is -2.37. The Kier molecular flexibility index (Phi) is 3.67. The number of nitrogens with one attached hydrogen (secondary N) is 1. The molecule has 1 aliphatic carbocycles. The van der Waals surface area contributed by atoms with Crippen LogP contribution in [0.1, 0.15) is 30.4 Å². The van der Waals surface area contributed by atoms with Crippen LogP contribution >= 0.6 is 0 Å². The fourth-order valence-electron chi connectivity index (χ4n) is 3.10. The van der Waals surface area contributed by atoms with Crippen molar-refractivity contribution in [2.24, 2.45) is 5.92 Å². The van der Waals surface area contributed by atoms with Crippen LogP contribution in [-0.4, -0.2) is 31.1 Å². The van der Waals surface area contributed by atoms with Crippen LogP contribution in [0, 0.1) is 5.92 Å². The summed E-state index contributed by atoms with van der Waals surface area (Å²) < 4.78 is 0. The molecule has 1 heterocycles. The van der Waals surface area contributed by atoms with Crippen molar-refractivity contribution in [1.29, 1.82) is 0 Å². The van der Waals surface area contributed by atoms with Crippen LogP contribution in [0.3, 0.4) is 0 Å². The number of nitrogens with zero attached hydrogens (tertiary/aromatic N) is 1. The van der Waals surface area contributed by atoms with Gasteiger partial charge < -0.3 is 5.32 Å². The van der Waals surface area contributed by atoms with E-state index in [9.17, 15) is 0 Å². The summed E-state index contributed by atoms with van der Waals surface area (Å²) in [4.78, 5) is 2.69. The zero-order valence-corrected chi connectivity index (χ0v) is 11.4. The molecule has 1 aliphatic heterocycles. The molecule has 98 valence electrons. The molecule has 1 saturated carbocycles. The number of fused-ring (bicyclic) bond motifs is 1. The van der Waals surface area contributed by atoms with E-state index in [4.69, 9.17) is 0 Å². The minimum atomic E-state index is 0.684. The third kappa shape index (κ3) is 2.76. The first-order valence-corrected chi connectivity index (χ1v) is 7.32. The Morgan fingerprint density at radius 1 is 1.22 bits per heavy atom. The Bertz CT molecular complexity index is 398. The second-order valence-corrected chi connectivity index (χ2v) is 5.89. The Morgan fingerprint density at radius 2 is 2.00 bits per heavy atom. The highest BCUT2D eigenvalue weighted by Gasteiger charge is 2.28. The number of rotatable bonds is 5. The van der Waals surface area contributed by atoms with Crippen molar-refractivity contribution in [3.05, 3.63) is 35.4 Å². The van der Waals surface area contributed by atoms with Gasteiger partial charge in [0, 0.05) is 19.1 Å². The van der Waals surface area contributed by atoms with Crippen LogP contribution in [0.15, 0.2) is 24.3 Å². The van der Waals surface area contributed by atoms with Gasteiger partial charge in [-0.15, -0.1) is 0 Å². The first-order chi connectivity index (χ1) is 8.86. The van der Waals surface area contributed by atoms with Gasteiger partial charge in [-0.05, 0) is 43.5 Å². The van der Waals surface area contributed by atoms with E-state index >= 15 is 0 Å². The second-order valence-electron chi connectivity index (χ2n) is 5.89. The summed E-state index contributed by atoms with van der Waals surface area (Å²) in [6.45, 7) is 3.54. The molecule has 3 rings (SSSR count). The lowest BCUT2D eigenvalue weighted by molar-refractivity contribution is 0.165. The molecule has 0 bridgehead atoms. The number of hydrogen-bond acceptors (Lipinski definition) is 2. The van der Waals surface area contributed by atoms with Crippen molar-refractivity contribution in [3.8, 4) is 0 Å². The van der Waals surface area contributed by atoms with Crippen LogP contribution < -0.4 is 5.32 Å². The lowest BCUT2D eigenvalue weighted by Crippen LogP contribution is -2.46. The molecular weight excluding hydrogens is 220 g/mol. The van der Waals surface area contributed by atoms with Gasteiger partial charge in [-0.3, -0.25) is 4.90 Å². The molecule has 1 unspecified atom stereocenters. The van der Waals surface area contributed by atoms with Gasteiger partial charge >= 0.3 is 0 Å². The normalized spacial score (nSPS) is 23.9. The maximum Gasteiger partial charge on any atom is 0.0264 e. The molecule has 2 heteroatoms. The van der Waals surface area contributed by atoms with Crippen molar-refractivity contribution >= 4 is 0 Å². The Hall–Kier alpha value is -0.860. The summed E-state index contributed by atoms with van der Waals surface area (Å²) in [5.41, 5.74) is 3.10. The van der Waals surface area contributed by atoms with Crippen LogP contribution in [0.5, 0.6) is 0 Å². The number of hydrogen-bond donors (Lipinski definition) is 1. The van der Waals surface area contributed by atoms with Gasteiger partial charge in [0.05, 0.1) is 0 Å². The third-order valence-corrected chi connectivity index (χ3v) is 4.42. The third-order valence-electron chi connectivity index (χ3n) is 4.42. The predicted molar refractivity (Wildman–Crippen MR) is 75.6 cm³/mol. The second kappa shape index (κ2) is 5.41. The van der Waals surface area contributed by atoms with E-state index in [0.29, 0.717) is 6.04 Å². The molecule has 0 saturated heterocycles. The van der Waals surface area contributed by atoms with E-state index in [2.05, 4.69) is 41.5 Å². The van der Waals surface area contributed by atoms with Crippen molar-refractivity contribution in [2.45, 2.75) is 38.3 Å². The van der Waals surface area contributed by atoms with Crippen molar-refractivity contribution in [3.63, 3.8) is 0 Å². The van der Waals surface area contributed by atoms with Gasteiger partial charge in [0.2, 0.25) is 0 Å². The molecule has 1 N–H and O–H groups in total. The van der Waals surface area contributed by atoms with Crippen molar-refractivity contribution in [1.82, 2.24) is 10.2 Å². The lowest BCUT2D eigenvalue weighted by atomic mass is 9.93. The maximum absolute atomic E-state index is 3.36.